The first-order chi connectivity index (χ1) is 19.8. The van der Waals surface area contributed by atoms with Crippen LogP contribution in [0, 0.1) is 46.8 Å². The number of carbonyl (C=O) groups is 2. The molecule has 3 aliphatic rings. The Morgan fingerprint density at radius 1 is 1.10 bits per heavy atom. The Morgan fingerprint density at radius 3 is 2.43 bits per heavy atom. The summed E-state index contributed by atoms with van der Waals surface area (Å²) in [6, 6.07) is 0. The number of Topliss-reactive ketones (excluding diaryl/α,β-unsaturated/α-hetero) is 1. The summed E-state index contributed by atoms with van der Waals surface area (Å²) in [5.41, 5.74) is -0.569. The van der Waals surface area contributed by atoms with Crippen LogP contribution >= 0.6 is 0 Å². The highest BCUT2D eigenvalue weighted by molar-refractivity contribution is 6.04. The van der Waals surface area contributed by atoms with E-state index in [2.05, 4.69) is 60.6 Å². The van der Waals surface area contributed by atoms with Crippen molar-refractivity contribution in [1.82, 2.24) is 0 Å². The number of allylic oxidation sites excluding steroid dienone is 4. The van der Waals surface area contributed by atoms with Crippen molar-refractivity contribution in [2.24, 2.45) is 46.8 Å². The highest BCUT2D eigenvalue weighted by Crippen LogP contribution is 2.59. The Bertz CT molecular complexity index is 1060. The van der Waals surface area contributed by atoms with E-state index in [0.29, 0.717) is 23.0 Å². The number of aliphatic hydroxyl groups is 2. The van der Waals surface area contributed by atoms with Gasteiger partial charge in [0.05, 0.1) is 6.61 Å². The second kappa shape index (κ2) is 14.7. The highest BCUT2D eigenvalue weighted by atomic mass is 16.5. The van der Waals surface area contributed by atoms with Crippen LogP contribution in [0.1, 0.15) is 107 Å². The molecule has 0 amide bonds. The van der Waals surface area contributed by atoms with Gasteiger partial charge in [-0.2, -0.15) is 0 Å². The van der Waals surface area contributed by atoms with Crippen molar-refractivity contribution in [3.63, 3.8) is 0 Å². The van der Waals surface area contributed by atoms with Gasteiger partial charge in [-0.1, -0.05) is 117 Å². The quantitative estimate of drug-likeness (QED) is 0.0762. The third kappa shape index (κ3) is 7.21. The van der Waals surface area contributed by atoms with E-state index >= 15 is 0 Å². The average molecular weight is 583 g/mol. The number of carbonyl (C=O) groups excluding carboxylic acids is 2. The number of hydrogen-bond acceptors (Lipinski definition) is 5. The molecule has 0 aromatic heterocycles. The van der Waals surface area contributed by atoms with Crippen LogP contribution in [0.4, 0.5) is 0 Å². The van der Waals surface area contributed by atoms with Gasteiger partial charge in [0.2, 0.25) is 0 Å². The summed E-state index contributed by atoms with van der Waals surface area (Å²) < 4.78 is 6.18. The second-order valence-electron chi connectivity index (χ2n) is 14.3. The average Bonchev–Trinajstić information content (AvgIpc) is 3.08. The fraction of sp³-hybridized carbons (Fsp3) is 0.730. The van der Waals surface area contributed by atoms with Crippen LogP contribution in [-0.4, -0.2) is 40.3 Å². The van der Waals surface area contributed by atoms with Crippen LogP contribution in [0.5, 0.6) is 0 Å². The van der Waals surface area contributed by atoms with Gasteiger partial charge in [-0.3, -0.25) is 4.79 Å². The molecule has 0 radical (unpaired) electrons. The van der Waals surface area contributed by atoms with Crippen molar-refractivity contribution < 1.29 is 24.5 Å². The molecule has 42 heavy (non-hydrogen) atoms. The molecule has 0 aromatic carbocycles. The monoisotopic (exact) mass is 582 g/mol. The molecule has 5 unspecified atom stereocenters. The van der Waals surface area contributed by atoms with Crippen LogP contribution in [0.15, 0.2) is 47.6 Å². The third-order valence-electron chi connectivity index (χ3n) is 11.2. The first-order valence-electron chi connectivity index (χ1n) is 16.6. The fourth-order valence-corrected chi connectivity index (χ4v) is 8.21. The summed E-state index contributed by atoms with van der Waals surface area (Å²) >= 11 is 0. The van der Waals surface area contributed by atoms with E-state index in [1.54, 1.807) is 13.0 Å². The molecule has 5 nitrogen and oxygen atoms in total. The van der Waals surface area contributed by atoms with Crippen molar-refractivity contribution in [3.05, 3.63) is 47.6 Å². The summed E-state index contributed by atoms with van der Waals surface area (Å²) in [4.78, 5) is 26.3. The zero-order valence-corrected chi connectivity index (χ0v) is 27.6. The van der Waals surface area contributed by atoms with Crippen molar-refractivity contribution >= 4 is 11.8 Å². The van der Waals surface area contributed by atoms with E-state index < -0.39 is 11.5 Å². The lowest BCUT2D eigenvalue weighted by molar-refractivity contribution is -0.173. The molecule has 1 fully saturated rings. The number of fused-ring (bicyclic) bond motifs is 3. The lowest BCUT2D eigenvalue weighted by atomic mass is 9.51. The van der Waals surface area contributed by atoms with Crippen LogP contribution in [0.25, 0.3) is 0 Å². The van der Waals surface area contributed by atoms with Crippen LogP contribution in [-0.2, 0) is 14.3 Å². The van der Waals surface area contributed by atoms with Gasteiger partial charge >= 0.3 is 5.97 Å². The summed E-state index contributed by atoms with van der Waals surface area (Å²) in [7, 11) is 0. The van der Waals surface area contributed by atoms with Crippen molar-refractivity contribution in [1.29, 1.82) is 0 Å². The Labute approximate surface area is 255 Å². The maximum atomic E-state index is 13.2. The van der Waals surface area contributed by atoms with E-state index in [0.717, 1.165) is 6.42 Å². The lowest BCUT2D eigenvalue weighted by Gasteiger charge is -2.55. The molecule has 9 atom stereocenters. The largest absolute Gasteiger partial charge is 0.459 e. The van der Waals surface area contributed by atoms with Crippen LogP contribution in [0.3, 0.4) is 0 Å². The van der Waals surface area contributed by atoms with Crippen LogP contribution in [0.2, 0.25) is 0 Å². The predicted octanol–water partition coefficient (Wildman–Crippen LogP) is 7.78. The van der Waals surface area contributed by atoms with Gasteiger partial charge in [0.15, 0.2) is 5.78 Å². The zero-order valence-electron chi connectivity index (χ0n) is 27.6. The van der Waals surface area contributed by atoms with E-state index in [9.17, 15) is 19.8 Å². The molecule has 0 aliphatic heterocycles. The number of aliphatic hydroxyl groups excluding tert-OH is 1. The minimum absolute atomic E-state index is 0.0201. The van der Waals surface area contributed by atoms with E-state index in [1.165, 1.54) is 44.6 Å². The Morgan fingerprint density at radius 2 is 1.79 bits per heavy atom. The Hall–Kier alpha value is -1.98. The molecule has 0 heterocycles. The maximum absolute atomic E-state index is 13.2. The topological polar surface area (TPSA) is 83.8 Å². The maximum Gasteiger partial charge on any atom is 0.331 e. The first kappa shape index (κ1) is 34.5. The zero-order chi connectivity index (χ0) is 31.2. The molecular weight excluding hydrogens is 524 g/mol. The molecule has 1 saturated carbocycles. The number of unbranched alkanes of at least 4 members (excludes halogenated alkanes) is 4. The van der Waals surface area contributed by atoms with Gasteiger partial charge < -0.3 is 14.9 Å². The fourth-order valence-electron chi connectivity index (χ4n) is 8.21. The third-order valence-corrected chi connectivity index (χ3v) is 11.2. The predicted molar refractivity (Wildman–Crippen MR) is 171 cm³/mol. The van der Waals surface area contributed by atoms with Crippen molar-refractivity contribution in [3.8, 4) is 0 Å². The number of hydrogen-bond donors (Lipinski definition) is 2. The normalized spacial score (nSPS) is 34.0. The molecule has 0 saturated heterocycles. The first-order valence-corrected chi connectivity index (χ1v) is 16.6. The van der Waals surface area contributed by atoms with Crippen molar-refractivity contribution in [2.75, 3.05) is 6.61 Å². The number of rotatable bonds is 13. The molecular formula is C37H58O5. The Kier molecular flexibility index (Phi) is 12.0. The summed E-state index contributed by atoms with van der Waals surface area (Å²) in [5.74, 6) is -0.0428. The van der Waals surface area contributed by atoms with Gasteiger partial charge in [0, 0.05) is 18.4 Å². The van der Waals surface area contributed by atoms with E-state index in [1.807, 2.05) is 12.2 Å². The Balaban J connectivity index is 1.73. The number of ether oxygens (including phenoxy) is 1. The minimum atomic E-state index is -1.56. The smallest absolute Gasteiger partial charge is 0.331 e. The molecule has 2 N–H and O–H groups in total. The van der Waals surface area contributed by atoms with Gasteiger partial charge in [-0.25, -0.2) is 4.79 Å². The van der Waals surface area contributed by atoms with Gasteiger partial charge in [-0.05, 0) is 65.4 Å². The minimum Gasteiger partial charge on any atom is -0.459 e. The van der Waals surface area contributed by atoms with Gasteiger partial charge in [0.1, 0.15) is 11.7 Å². The standard InChI is InChI=1S/C37H58O5/c1-9-11-12-13-14-17-24(3)29(10-2)18-15-16-19-32(39)42-34-26(5)33-30(36(7,8)27(34)6)21-28(23-38)22-37(41)31(33)20-25(4)35(37)40/h15-16,18-21,24,26-27,29-31,33-34,38,41H,9-14,17,22-23H2,1-8H3/b18-15+,19-16+/t24?,26-,27?,29?,30+,31?,33?,34+,37+/m0/s1. The summed E-state index contributed by atoms with van der Waals surface area (Å²) in [6.45, 7) is 17.0. The lowest BCUT2D eigenvalue weighted by Crippen LogP contribution is -2.57. The highest BCUT2D eigenvalue weighted by Gasteiger charge is 2.61. The number of esters is 1. The molecule has 3 rings (SSSR count). The molecule has 0 bridgehead atoms. The summed E-state index contributed by atoms with van der Waals surface area (Å²) in [6.07, 6.45) is 20.2. The number of ketones is 1. The molecule has 236 valence electrons. The van der Waals surface area contributed by atoms with Crippen molar-refractivity contribution in [2.45, 2.75) is 118 Å². The molecule has 0 spiro atoms. The molecule has 5 heteroatoms. The van der Waals surface area contributed by atoms with Gasteiger partial charge in [-0.15, -0.1) is 0 Å². The van der Waals surface area contributed by atoms with E-state index in [-0.39, 0.29) is 60.0 Å². The SMILES string of the molecule is CCCCCCCC(C)C(/C=C/C=C/C(=O)O[C@H]1C(C)C(C)(C)[C@@H]2C=C(CO)C[C@]3(O)C(=O)C(C)=CC3C2[C@@H]1C)CC. The van der Waals surface area contributed by atoms with Gasteiger partial charge in [0.25, 0.3) is 0 Å². The van der Waals surface area contributed by atoms with Crippen LogP contribution < -0.4 is 0 Å². The summed E-state index contributed by atoms with van der Waals surface area (Å²) in [5, 5.41) is 21.9. The van der Waals surface area contributed by atoms with E-state index in [4.69, 9.17) is 4.74 Å². The molecule has 3 aliphatic carbocycles. The second-order valence-corrected chi connectivity index (χ2v) is 14.3. The molecule has 0 aromatic rings.